The highest BCUT2D eigenvalue weighted by Crippen LogP contribution is 2.30. The topological polar surface area (TPSA) is 40.6 Å². The fraction of sp³-hybridized carbons (Fsp3) is 0.500. The predicted molar refractivity (Wildman–Crippen MR) is 82.5 cm³/mol. The van der Waals surface area contributed by atoms with Gasteiger partial charge in [0.2, 0.25) is 11.8 Å². The zero-order valence-corrected chi connectivity index (χ0v) is 12.9. The van der Waals surface area contributed by atoms with Crippen molar-refractivity contribution >= 4 is 29.1 Å². The van der Waals surface area contributed by atoms with Gasteiger partial charge < -0.3 is 9.80 Å². The molecule has 2 heterocycles. The fourth-order valence-corrected chi connectivity index (χ4v) is 3.24. The van der Waals surface area contributed by atoms with Crippen LogP contribution in [0.3, 0.4) is 0 Å². The second-order valence-electron chi connectivity index (χ2n) is 5.87. The van der Waals surface area contributed by atoms with E-state index in [1.165, 1.54) is 0 Å². The normalized spacial score (nSPS) is 22.2. The Morgan fingerprint density at radius 1 is 1.29 bits per heavy atom. The van der Waals surface area contributed by atoms with Crippen LogP contribution < -0.4 is 4.90 Å². The van der Waals surface area contributed by atoms with Crippen molar-refractivity contribution in [1.29, 1.82) is 0 Å². The number of aryl methyl sites for hydroxylation is 1. The highest BCUT2D eigenvalue weighted by molar-refractivity contribution is 6.31. The number of likely N-dealkylation sites (tertiary alicyclic amines) is 1. The molecule has 1 unspecified atom stereocenters. The Balaban J connectivity index is 1.74. The SMILES string of the molecule is Cc1ccc(N2CC(C(=O)N3CCCC3)CC2=O)cc1Cl. The molecule has 1 atom stereocenters. The molecule has 2 fully saturated rings. The van der Waals surface area contributed by atoms with Gasteiger partial charge in [-0.1, -0.05) is 17.7 Å². The van der Waals surface area contributed by atoms with Gasteiger partial charge in [0.25, 0.3) is 0 Å². The van der Waals surface area contributed by atoms with E-state index in [-0.39, 0.29) is 17.7 Å². The smallest absolute Gasteiger partial charge is 0.228 e. The Kier molecular flexibility index (Phi) is 3.89. The van der Waals surface area contributed by atoms with Crippen molar-refractivity contribution in [3.8, 4) is 0 Å². The second-order valence-corrected chi connectivity index (χ2v) is 6.28. The minimum Gasteiger partial charge on any atom is -0.342 e. The van der Waals surface area contributed by atoms with Gasteiger partial charge in [-0.3, -0.25) is 9.59 Å². The van der Waals surface area contributed by atoms with E-state index in [1.54, 1.807) is 11.0 Å². The molecule has 0 bridgehead atoms. The van der Waals surface area contributed by atoms with Crippen molar-refractivity contribution in [2.24, 2.45) is 5.92 Å². The predicted octanol–water partition coefficient (Wildman–Crippen LogP) is 2.62. The summed E-state index contributed by atoms with van der Waals surface area (Å²) in [5.41, 5.74) is 1.77. The highest BCUT2D eigenvalue weighted by atomic mass is 35.5. The van der Waals surface area contributed by atoms with E-state index >= 15 is 0 Å². The lowest BCUT2D eigenvalue weighted by molar-refractivity contribution is -0.134. The zero-order chi connectivity index (χ0) is 15.0. The lowest BCUT2D eigenvalue weighted by atomic mass is 10.1. The van der Waals surface area contributed by atoms with Gasteiger partial charge in [-0.2, -0.15) is 0 Å². The summed E-state index contributed by atoms with van der Waals surface area (Å²) in [6.07, 6.45) is 2.45. The number of amides is 2. The maximum absolute atomic E-state index is 12.4. The van der Waals surface area contributed by atoms with E-state index in [1.807, 2.05) is 24.0 Å². The molecule has 3 rings (SSSR count). The Morgan fingerprint density at radius 2 is 2.00 bits per heavy atom. The molecule has 4 nitrogen and oxygen atoms in total. The summed E-state index contributed by atoms with van der Waals surface area (Å²) in [7, 11) is 0. The quantitative estimate of drug-likeness (QED) is 0.843. The first-order valence-electron chi connectivity index (χ1n) is 7.41. The van der Waals surface area contributed by atoms with Gasteiger partial charge in [0, 0.05) is 36.8 Å². The number of rotatable bonds is 2. The van der Waals surface area contributed by atoms with E-state index in [2.05, 4.69) is 0 Å². The number of benzene rings is 1. The van der Waals surface area contributed by atoms with E-state index in [9.17, 15) is 9.59 Å². The third kappa shape index (κ3) is 2.77. The van der Waals surface area contributed by atoms with Crippen molar-refractivity contribution in [3.05, 3.63) is 28.8 Å². The minimum absolute atomic E-state index is 0.00691. The molecule has 2 amide bonds. The summed E-state index contributed by atoms with van der Waals surface area (Å²) < 4.78 is 0. The van der Waals surface area contributed by atoms with Gasteiger partial charge in [0.1, 0.15) is 0 Å². The molecule has 2 aliphatic rings. The molecule has 1 aromatic rings. The maximum Gasteiger partial charge on any atom is 0.228 e. The molecule has 0 radical (unpaired) electrons. The molecule has 0 saturated carbocycles. The van der Waals surface area contributed by atoms with Crippen molar-refractivity contribution < 1.29 is 9.59 Å². The summed E-state index contributed by atoms with van der Waals surface area (Å²) in [6, 6.07) is 5.60. The number of carbonyl (C=O) groups is 2. The Bertz CT molecular complexity index is 582. The average Bonchev–Trinajstić information content (AvgIpc) is 3.10. The van der Waals surface area contributed by atoms with Crippen molar-refractivity contribution in [1.82, 2.24) is 4.90 Å². The van der Waals surface area contributed by atoms with Crippen LogP contribution in [0.2, 0.25) is 5.02 Å². The summed E-state index contributed by atoms with van der Waals surface area (Å²) in [6.45, 7) is 4.06. The van der Waals surface area contributed by atoms with Crippen LogP contribution in [0.5, 0.6) is 0 Å². The molecule has 5 heteroatoms. The molecule has 0 aliphatic carbocycles. The molecule has 2 aliphatic heterocycles. The summed E-state index contributed by atoms with van der Waals surface area (Å²) >= 11 is 6.13. The van der Waals surface area contributed by atoms with Crippen LogP contribution in [0, 0.1) is 12.8 Å². The Hall–Kier alpha value is -1.55. The number of anilines is 1. The van der Waals surface area contributed by atoms with Crippen LogP contribution >= 0.6 is 11.6 Å². The third-order valence-electron chi connectivity index (χ3n) is 4.36. The van der Waals surface area contributed by atoms with Gasteiger partial charge in [-0.25, -0.2) is 0 Å². The molecule has 21 heavy (non-hydrogen) atoms. The maximum atomic E-state index is 12.4. The van der Waals surface area contributed by atoms with Crippen LogP contribution in [0.4, 0.5) is 5.69 Å². The first-order chi connectivity index (χ1) is 10.1. The second kappa shape index (κ2) is 5.68. The number of nitrogens with zero attached hydrogens (tertiary/aromatic N) is 2. The van der Waals surface area contributed by atoms with Crippen LogP contribution in [0.15, 0.2) is 18.2 Å². The largest absolute Gasteiger partial charge is 0.342 e. The van der Waals surface area contributed by atoms with E-state index in [0.717, 1.165) is 37.2 Å². The number of hydrogen-bond donors (Lipinski definition) is 0. The van der Waals surface area contributed by atoms with Crippen LogP contribution in [-0.2, 0) is 9.59 Å². The third-order valence-corrected chi connectivity index (χ3v) is 4.77. The van der Waals surface area contributed by atoms with Gasteiger partial charge in [-0.15, -0.1) is 0 Å². The van der Waals surface area contributed by atoms with Crippen LogP contribution in [0.25, 0.3) is 0 Å². The molecule has 0 N–H and O–H groups in total. The zero-order valence-electron chi connectivity index (χ0n) is 12.1. The Morgan fingerprint density at radius 3 is 2.67 bits per heavy atom. The number of carbonyl (C=O) groups excluding carboxylic acids is 2. The number of halogens is 1. The number of hydrogen-bond acceptors (Lipinski definition) is 2. The average molecular weight is 307 g/mol. The van der Waals surface area contributed by atoms with E-state index < -0.39 is 0 Å². The highest BCUT2D eigenvalue weighted by Gasteiger charge is 2.37. The summed E-state index contributed by atoms with van der Waals surface area (Å²) in [5.74, 6) is -0.0790. The van der Waals surface area contributed by atoms with Gasteiger partial charge in [0.05, 0.1) is 5.92 Å². The van der Waals surface area contributed by atoms with Crippen molar-refractivity contribution in [2.75, 3.05) is 24.5 Å². The molecule has 0 aromatic heterocycles. The van der Waals surface area contributed by atoms with Crippen molar-refractivity contribution in [2.45, 2.75) is 26.2 Å². The monoisotopic (exact) mass is 306 g/mol. The van der Waals surface area contributed by atoms with E-state index in [4.69, 9.17) is 11.6 Å². The molecule has 112 valence electrons. The van der Waals surface area contributed by atoms with Crippen molar-refractivity contribution in [3.63, 3.8) is 0 Å². The van der Waals surface area contributed by atoms with Crippen LogP contribution in [-0.4, -0.2) is 36.3 Å². The lowest BCUT2D eigenvalue weighted by Crippen LogP contribution is -2.35. The van der Waals surface area contributed by atoms with Crippen LogP contribution in [0.1, 0.15) is 24.8 Å². The van der Waals surface area contributed by atoms with Gasteiger partial charge in [0.15, 0.2) is 0 Å². The summed E-state index contributed by atoms with van der Waals surface area (Å²) in [4.78, 5) is 28.2. The van der Waals surface area contributed by atoms with Gasteiger partial charge >= 0.3 is 0 Å². The standard InChI is InChI=1S/C16H19ClN2O2/c1-11-4-5-13(9-14(11)17)19-10-12(8-15(19)20)16(21)18-6-2-3-7-18/h4-5,9,12H,2-3,6-8,10H2,1H3. The molecular formula is C16H19ClN2O2. The van der Waals surface area contributed by atoms with Gasteiger partial charge in [-0.05, 0) is 37.5 Å². The molecule has 0 spiro atoms. The fourth-order valence-electron chi connectivity index (χ4n) is 3.07. The molecule has 2 saturated heterocycles. The summed E-state index contributed by atoms with van der Waals surface area (Å²) in [5, 5.41) is 0.648. The first-order valence-corrected chi connectivity index (χ1v) is 7.79. The Labute approximate surface area is 129 Å². The minimum atomic E-state index is -0.212. The lowest BCUT2D eigenvalue weighted by Gasteiger charge is -2.20. The van der Waals surface area contributed by atoms with E-state index in [0.29, 0.717) is 18.0 Å². The molecular weight excluding hydrogens is 288 g/mol. The first kappa shape index (κ1) is 14.4. The molecule has 1 aromatic carbocycles.